The van der Waals surface area contributed by atoms with E-state index in [2.05, 4.69) is 37.4 Å². The molecule has 0 spiro atoms. The van der Waals surface area contributed by atoms with Gasteiger partial charge in [-0.05, 0) is 37.2 Å². The Labute approximate surface area is 110 Å². The zero-order chi connectivity index (χ0) is 12.5. The summed E-state index contributed by atoms with van der Waals surface area (Å²) in [6, 6.07) is 7.89. The average molecular weight is 245 g/mol. The first-order valence-corrected chi connectivity index (χ1v) is 7.27. The molecule has 1 N–H and O–H groups in total. The molecule has 2 heteroatoms. The summed E-state index contributed by atoms with van der Waals surface area (Å²) in [6.45, 7) is 5.35. The van der Waals surface area contributed by atoms with Crippen LogP contribution >= 0.6 is 0 Å². The van der Waals surface area contributed by atoms with Crippen molar-refractivity contribution < 1.29 is 4.74 Å². The van der Waals surface area contributed by atoms with Gasteiger partial charge in [-0.2, -0.15) is 0 Å². The molecule has 0 amide bonds. The summed E-state index contributed by atoms with van der Waals surface area (Å²) in [5.74, 6) is 1.68. The van der Waals surface area contributed by atoms with E-state index >= 15 is 0 Å². The van der Waals surface area contributed by atoms with Crippen LogP contribution < -0.4 is 10.1 Å². The van der Waals surface area contributed by atoms with Crippen LogP contribution in [0.4, 0.5) is 0 Å². The highest BCUT2D eigenvalue weighted by atomic mass is 16.5. The van der Waals surface area contributed by atoms with Crippen LogP contribution in [0.5, 0.6) is 5.75 Å². The fourth-order valence-corrected chi connectivity index (χ4v) is 2.79. The quantitative estimate of drug-likeness (QED) is 0.875. The fraction of sp³-hybridized carbons (Fsp3) is 0.625. The van der Waals surface area contributed by atoms with Gasteiger partial charge in [0.2, 0.25) is 0 Å². The number of para-hydroxylation sites is 1. The van der Waals surface area contributed by atoms with Crippen molar-refractivity contribution in [2.75, 3.05) is 6.61 Å². The van der Waals surface area contributed by atoms with Crippen molar-refractivity contribution in [3.05, 3.63) is 29.3 Å². The SMILES string of the molecule is CC(C)c1cccc2c1OCCCC2NC1CC1. The Morgan fingerprint density at radius 2 is 2.06 bits per heavy atom. The third-order valence-corrected chi connectivity index (χ3v) is 3.97. The van der Waals surface area contributed by atoms with Crippen LogP contribution in [0.1, 0.15) is 62.6 Å². The van der Waals surface area contributed by atoms with Gasteiger partial charge in [-0.25, -0.2) is 0 Å². The Kier molecular flexibility index (Phi) is 3.29. The van der Waals surface area contributed by atoms with E-state index in [1.54, 1.807) is 0 Å². The number of benzene rings is 1. The molecule has 1 atom stereocenters. The molecule has 1 aliphatic heterocycles. The molecule has 0 saturated heterocycles. The lowest BCUT2D eigenvalue weighted by molar-refractivity contribution is 0.311. The van der Waals surface area contributed by atoms with Crippen molar-refractivity contribution in [3.8, 4) is 5.75 Å². The number of rotatable bonds is 3. The molecule has 1 aliphatic carbocycles. The molecule has 1 heterocycles. The minimum atomic E-state index is 0.494. The Bertz CT molecular complexity index is 423. The van der Waals surface area contributed by atoms with Gasteiger partial charge >= 0.3 is 0 Å². The van der Waals surface area contributed by atoms with Crippen LogP contribution in [0, 0.1) is 0 Å². The van der Waals surface area contributed by atoms with E-state index in [0.717, 1.165) is 24.8 Å². The highest BCUT2D eigenvalue weighted by Crippen LogP contribution is 2.38. The first-order chi connectivity index (χ1) is 8.75. The summed E-state index contributed by atoms with van der Waals surface area (Å²) in [6.07, 6.45) is 5.04. The van der Waals surface area contributed by atoms with Crippen LogP contribution in [0.3, 0.4) is 0 Å². The smallest absolute Gasteiger partial charge is 0.127 e. The molecule has 0 radical (unpaired) electrons. The summed E-state index contributed by atoms with van der Waals surface area (Å²) in [7, 11) is 0. The zero-order valence-electron chi connectivity index (χ0n) is 11.4. The van der Waals surface area contributed by atoms with Crippen molar-refractivity contribution in [2.45, 2.75) is 57.5 Å². The third-order valence-electron chi connectivity index (χ3n) is 3.97. The Morgan fingerprint density at radius 3 is 2.78 bits per heavy atom. The Hall–Kier alpha value is -1.02. The lowest BCUT2D eigenvalue weighted by Crippen LogP contribution is -2.23. The number of ether oxygens (including phenoxy) is 1. The fourth-order valence-electron chi connectivity index (χ4n) is 2.79. The molecule has 0 bridgehead atoms. The van der Waals surface area contributed by atoms with Crippen LogP contribution in [0.25, 0.3) is 0 Å². The molecule has 18 heavy (non-hydrogen) atoms. The normalized spacial score (nSPS) is 23.4. The summed E-state index contributed by atoms with van der Waals surface area (Å²) in [4.78, 5) is 0. The van der Waals surface area contributed by atoms with E-state index in [1.165, 1.54) is 30.4 Å². The largest absolute Gasteiger partial charge is 0.493 e. The van der Waals surface area contributed by atoms with Crippen molar-refractivity contribution >= 4 is 0 Å². The van der Waals surface area contributed by atoms with Gasteiger partial charge in [-0.15, -0.1) is 0 Å². The van der Waals surface area contributed by atoms with Gasteiger partial charge in [-0.3, -0.25) is 0 Å². The average Bonchev–Trinajstić information content (AvgIpc) is 3.17. The van der Waals surface area contributed by atoms with Crippen LogP contribution in [-0.2, 0) is 0 Å². The van der Waals surface area contributed by atoms with E-state index in [-0.39, 0.29) is 0 Å². The van der Waals surface area contributed by atoms with Crippen LogP contribution in [-0.4, -0.2) is 12.6 Å². The molecule has 1 saturated carbocycles. The monoisotopic (exact) mass is 245 g/mol. The van der Waals surface area contributed by atoms with Gasteiger partial charge in [-0.1, -0.05) is 32.0 Å². The first-order valence-electron chi connectivity index (χ1n) is 7.27. The van der Waals surface area contributed by atoms with Gasteiger partial charge in [0.1, 0.15) is 5.75 Å². The first kappa shape index (κ1) is 12.0. The predicted molar refractivity (Wildman–Crippen MR) is 74.2 cm³/mol. The maximum absolute atomic E-state index is 6.03. The van der Waals surface area contributed by atoms with E-state index in [1.807, 2.05) is 0 Å². The highest BCUT2D eigenvalue weighted by Gasteiger charge is 2.28. The Morgan fingerprint density at radius 1 is 1.22 bits per heavy atom. The zero-order valence-corrected chi connectivity index (χ0v) is 11.4. The molecular weight excluding hydrogens is 222 g/mol. The maximum Gasteiger partial charge on any atom is 0.127 e. The van der Waals surface area contributed by atoms with Crippen molar-refractivity contribution in [2.24, 2.45) is 0 Å². The molecule has 1 unspecified atom stereocenters. The molecule has 0 aromatic heterocycles. The van der Waals surface area contributed by atoms with Crippen LogP contribution in [0.2, 0.25) is 0 Å². The van der Waals surface area contributed by atoms with E-state index < -0.39 is 0 Å². The van der Waals surface area contributed by atoms with Gasteiger partial charge < -0.3 is 10.1 Å². The molecule has 1 aromatic carbocycles. The van der Waals surface area contributed by atoms with Crippen LogP contribution in [0.15, 0.2) is 18.2 Å². The second-order valence-electron chi connectivity index (χ2n) is 5.90. The molecule has 3 rings (SSSR count). The lowest BCUT2D eigenvalue weighted by Gasteiger charge is -2.21. The van der Waals surface area contributed by atoms with Gasteiger partial charge in [0, 0.05) is 17.6 Å². The predicted octanol–water partition coefficient (Wildman–Crippen LogP) is 3.78. The number of hydrogen-bond donors (Lipinski definition) is 1. The van der Waals surface area contributed by atoms with Gasteiger partial charge in [0.05, 0.1) is 6.61 Å². The summed E-state index contributed by atoms with van der Waals surface area (Å²) < 4.78 is 6.03. The minimum Gasteiger partial charge on any atom is -0.493 e. The molecular formula is C16H23NO. The van der Waals surface area contributed by atoms with E-state index in [0.29, 0.717) is 12.0 Å². The maximum atomic E-state index is 6.03. The topological polar surface area (TPSA) is 21.3 Å². The van der Waals surface area contributed by atoms with Gasteiger partial charge in [0.25, 0.3) is 0 Å². The Balaban J connectivity index is 1.95. The molecule has 1 aromatic rings. The van der Waals surface area contributed by atoms with Crippen molar-refractivity contribution in [1.82, 2.24) is 5.32 Å². The van der Waals surface area contributed by atoms with E-state index in [4.69, 9.17) is 4.74 Å². The number of nitrogens with one attached hydrogen (secondary N) is 1. The second-order valence-corrected chi connectivity index (χ2v) is 5.90. The third kappa shape index (κ3) is 2.39. The lowest BCUT2D eigenvalue weighted by atomic mass is 9.94. The number of fused-ring (bicyclic) bond motifs is 1. The minimum absolute atomic E-state index is 0.494. The molecule has 2 aliphatic rings. The molecule has 1 fully saturated rings. The van der Waals surface area contributed by atoms with Crippen molar-refractivity contribution in [1.29, 1.82) is 0 Å². The molecule has 2 nitrogen and oxygen atoms in total. The summed E-state index contributed by atoms with van der Waals surface area (Å²) in [5, 5.41) is 3.78. The van der Waals surface area contributed by atoms with E-state index in [9.17, 15) is 0 Å². The summed E-state index contributed by atoms with van der Waals surface area (Å²) >= 11 is 0. The standard InChI is InChI=1S/C16H23NO/c1-11(2)13-5-3-6-14-15(17-12-8-9-12)7-4-10-18-16(13)14/h3,5-6,11-12,15,17H,4,7-10H2,1-2H3. The summed E-state index contributed by atoms with van der Waals surface area (Å²) in [5.41, 5.74) is 2.74. The molecule has 98 valence electrons. The second kappa shape index (κ2) is 4.93. The van der Waals surface area contributed by atoms with Gasteiger partial charge in [0.15, 0.2) is 0 Å². The number of hydrogen-bond acceptors (Lipinski definition) is 2. The highest BCUT2D eigenvalue weighted by molar-refractivity contribution is 5.45. The van der Waals surface area contributed by atoms with Crippen molar-refractivity contribution in [3.63, 3.8) is 0 Å².